The summed E-state index contributed by atoms with van der Waals surface area (Å²) in [4.78, 5) is 22.3. The molecule has 184 valence electrons. The number of nitrogens with zero attached hydrogens (tertiary/aromatic N) is 2. The van der Waals surface area contributed by atoms with Crippen LogP contribution >= 0.6 is 35.3 Å². The van der Waals surface area contributed by atoms with Gasteiger partial charge in [0.05, 0.1) is 5.69 Å². The second-order valence-corrected chi connectivity index (χ2v) is 10.9. The highest BCUT2D eigenvalue weighted by Crippen LogP contribution is 2.37. The Balaban J connectivity index is 1.53. The molecule has 2 aromatic heterocycles. The van der Waals surface area contributed by atoms with E-state index in [2.05, 4.69) is 22.2 Å². The molecule has 11 heteroatoms. The minimum absolute atomic E-state index is 0.0803. The monoisotopic (exact) mass is 529 g/mol. The van der Waals surface area contributed by atoms with Crippen molar-refractivity contribution in [1.82, 2.24) is 9.97 Å². The van der Waals surface area contributed by atoms with E-state index in [1.165, 1.54) is 23.9 Å². The van der Waals surface area contributed by atoms with E-state index < -0.39 is 11.7 Å². The maximum atomic E-state index is 13.1. The molecule has 1 amide bonds. The average Bonchev–Trinajstić information content (AvgIpc) is 3.18. The highest BCUT2D eigenvalue weighted by atomic mass is 32.2. The number of alkyl halides is 3. The molecule has 0 aliphatic heterocycles. The predicted octanol–water partition coefficient (Wildman–Crippen LogP) is 7.68. The van der Waals surface area contributed by atoms with Crippen molar-refractivity contribution < 1.29 is 22.4 Å². The van der Waals surface area contributed by atoms with Gasteiger partial charge in [0.15, 0.2) is 5.58 Å². The lowest BCUT2D eigenvalue weighted by atomic mass is 10.2. The zero-order chi connectivity index (χ0) is 24.7. The van der Waals surface area contributed by atoms with Gasteiger partial charge in [-0.25, -0.2) is 9.97 Å². The zero-order valence-electron chi connectivity index (χ0n) is 19.1. The van der Waals surface area contributed by atoms with Crippen molar-refractivity contribution in [1.29, 1.82) is 0 Å². The third kappa shape index (κ3) is 7.08. The molecule has 0 spiro atoms. The van der Waals surface area contributed by atoms with E-state index in [9.17, 15) is 18.0 Å². The molecule has 3 rings (SSSR count). The number of halogens is 3. The van der Waals surface area contributed by atoms with Gasteiger partial charge in [-0.1, -0.05) is 31.7 Å². The van der Waals surface area contributed by atoms with Gasteiger partial charge in [0, 0.05) is 22.8 Å². The van der Waals surface area contributed by atoms with Gasteiger partial charge in [-0.3, -0.25) is 4.79 Å². The summed E-state index contributed by atoms with van der Waals surface area (Å²) in [5, 5.41) is 4.06. The van der Waals surface area contributed by atoms with Crippen LogP contribution in [0.4, 0.5) is 18.9 Å². The Bertz CT molecular complexity index is 1110. The SMILES string of the molecule is CCSc1cc(C)nc(SCC)c1NC(=O)CCCCSc1nc2cccc(C(F)(F)F)c2o1. The number of nitrogens with one attached hydrogen (secondary N) is 1. The molecule has 0 saturated carbocycles. The number of para-hydroxylation sites is 1. The van der Waals surface area contributed by atoms with E-state index in [-0.39, 0.29) is 22.2 Å². The van der Waals surface area contributed by atoms with Crippen LogP contribution in [0.2, 0.25) is 0 Å². The highest BCUT2D eigenvalue weighted by Gasteiger charge is 2.34. The van der Waals surface area contributed by atoms with Gasteiger partial charge in [-0.15, -0.1) is 23.5 Å². The lowest BCUT2D eigenvalue weighted by Crippen LogP contribution is -2.13. The van der Waals surface area contributed by atoms with Gasteiger partial charge in [0.1, 0.15) is 16.1 Å². The van der Waals surface area contributed by atoms with Crippen molar-refractivity contribution in [3.8, 4) is 0 Å². The second kappa shape index (κ2) is 12.2. The molecule has 3 aromatic rings. The summed E-state index contributed by atoms with van der Waals surface area (Å²) < 4.78 is 44.7. The van der Waals surface area contributed by atoms with E-state index >= 15 is 0 Å². The average molecular weight is 530 g/mol. The number of hydrogen-bond acceptors (Lipinski definition) is 7. The van der Waals surface area contributed by atoms with Gasteiger partial charge in [-0.05, 0) is 49.5 Å². The lowest BCUT2D eigenvalue weighted by molar-refractivity contribution is -0.136. The van der Waals surface area contributed by atoms with Gasteiger partial charge < -0.3 is 9.73 Å². The molecule has 0 saturated heterocycles. The first-order chi connectivity index (χ1) is 16.2. The number of hydrogen-bond donors (Lipinski definition) is 1. The van der Waals surface area contributed by atoms with Gasteiger partial charge in [0.2, 0.25) is 5.91 Å². The van der Waals surface area contributed by atoms with Gasteiger partial charge >= 0.3 is 6.18 Å². The van der Waals surface area contributed by atoms with E-state index in [4.69, 9.17) is 4.42 Å². The summed E-state index contributed by atoms with van der Waals surface area (Å²) in [6, 6.07) is 5.79. The highest BCUT2D eigenvalue weighted by molar-refractivity contribution is 8.00. The van der Waals surface area contributed by atoms with Crippen LogP contribution in [0.15, 0.2) is 43.8 Å². The number of carbonyl (C=O) groups excluding carboxylic acids is 1. The van der Waals surface area contributed by atoms with Crippen LogP contribution < -0.4 is 5.32 Å². The molecule has 1 aromatic carbocycles. The maximum absolute atomic E-state index is 13.1. The number of benzene rings is 1. The fraction of sp³-hybridized carbons (Fsp3) is 0.435. The van der Waals surface area contributed by atoms with Crippen molar-refractivity contribution in [2.24, 2.45) is 0 Å². The van der Waals surface area contributed by atoms with E-state index in [1.54, 1.807) is 23.5 Å². The molecule has 0 unspecified atom stereocenters. The van der Waals surface area contributed by atoms with Crippen LogP contribution in [0.25, 0.3) is 11.1 Å². The fourth-order valence-electron chi connectivity index (χ4n) is 3.20. The van der Waals surface area contributed by atoms with Crippen molar-refractivity contribution in [2.45, 2.75) is 61.4 Å². The number of oxazole rings is 1. The van der Waals surface area contributed by atoms with Crippen LogP contribution in [0.3, 0.4) is 0 Å². The number of pyridine rings is 1. The standard InChI is InChI=1S/C23H26F3N3O2S3/c1-4-32-17-13-14(3)27-21(33-5-2)19(17)29-18(30)11-6-7-12-34-22-28-16-10-8-9-15(20(16)31-22)23(24,25)26/h8-10,13H,4-7,11-12H2,1-3H3,(H,29,30). The van der Waals surface area contributed by atoms with Crippen molar-refractivity contribution in [2.75, 3.05) is 22.6 Å². The molecule has 5 nitrogen and oxygen atoms in total. The summed E-state index contributed by atoms with van der Waals surface area (Å²) in [6.07, 6.45) is -2.82. The van der Waals surface area contributed by atoms with Crippen molar-refractivity contribution >= 4 is 58.0 Å². The van der Waals surface area contributed by atoms with Crippen LogP contribution in [0, 0.1) is 6.92 Å². The van der Waals surface area contributed by atoms with Crippen LogP contribution in [0.5, 0.6) is 0 Å². The minimum Gasteiger partial charge on any atom is -0.431 e. The Morgan fingerprint density at radius 2 is 1.85 bits per heavy atom. The Kier molecular flexibility index (Phi) is 9.61. The summed E-state index contributed by atoms with van der Waals surface area (Å²) in [6.45, 7) is 6.06. The van der Waals surface area contributed by atoms with Gasteiger partial charge in [0.25, 0.3) is 5.22 Å². The number of thioether (sulfide) groups is 3. The number of carbonyl (C=O) groups is 1. The van der Waals surface area contributed by atoms with Crippen LogP contribution in [-0.4, -0.2) is 33.1 Å². The molecule has 1 N–H and O–H groups in total. The molecular formula is C23H26F3N3O2S3. The summed E-state index contributed by atoms with van der Waals surface area (Å²) >= 11 is 4.52. The molecule has 2 heterocycles. The van der Waals surface area contributed by atoms with E-state index in [1.807, 2.05) is 19.9 Å². The molecule has 0 atom stereocenters. The number of anilines is 1. The third-order valence-electron chi connectivity index (χ3n) is 4.65. The predicted molar refractivity (Wildman–Crippen MR) is 134 cm³/mol. The lowest BCUT2D eigenvalue weighted by Gasteiger charge is -2.15. The zero-order valence-corrected chi connectivity index (χ0v) is 21.6. The number of amides is 1. The number of aromatic nitrogens is 2. The molecule has 0 aliphatic carbocycles. The summed E-state index contributed by atoms with van der Waals surface area (Å²) in [5.41, 5.74) is 0.807. The molecule has 34 heavy (non-hydrogen) atoms. The molecule has 0 fully saturated rings. The first-order valence-electron chi connectivity index (χ1n) is 10.9. The fourth-order valence-corrected chi connectivity index (χ4v) is 5.74. The van der Waals surface area contributed by atoms with Crippen molar-refractivity contribution in [3.05, 3.63) is 35.5 Å². The Hall–Kier alpha value is -1.85. The summed E-state index contributed by atoms with van der Waals surface area (Å²) in [5.74, 6) is 2.25. The normalized spacial score (nSPS) is 11.8. The Morgan fingerprint density at radius 3 is 2.56 bits per heavy atom. The topological polar surface area (TPSA) is 68.0 Å². The smallest absolute Gasteiger partial charge is 0.420 e. The van der Waals surface area contributed by atoms with E-state index in [0.717, 1.165) is 38.9 Å². The quantitative estimate of drug-likeness (QED) is 0.202. The molecule has 0 bridgehead atoms. The number of rotatable bonds is 11. The molecule has 0 aliphatic rings. The second-order valence-electron chi connectivity index (χ2n) is 7.29. The maximum Gasteiger partial charge on any atom is 0.420 e. The number of aryl methyl sites for hydroxylation is 1. The number of unbranched alkanes of at least 4 members (excludes halogenated alkanes) is 1. The Morgan fingerprint density at radius 1 is 1.09 bits per heavy atom. The van der Waals surface area contributed by atoms with Crippen LogP contribution in [0.1, 0.15) is 44.4 Å². The third-order valence-corrected chi connectivity index (χ3v) is 7.34. The van der Waals surface area contributed by atoms with E-state index in [0.29, 0.717) is 25.0 Å². The molecule has 0 radical (unpaired) electrons. The van der Waals surface area contributed by atoms with Crippen molar-refractivity contribution in [3.63, 3.8) is 0 Å². The largest absolute Gasteiger partial charge is 0.431 e. The number of fused-ring (bicyclic) bond motifs is 1. The first-order valence-corrected chi connectivity index (χ1v) is 13.8. The minimum atomic E-state index is -4.49. The van der Waals surface area contributed by atoms with Gasteiger partial charge in [-0.2, -0.15) is 13.2 Å². The first kappa shape index (κ1) is 26.7. The van der Waals surface area contributed by atoms with Crippen LogP contribution in [-0.2, 0) is 11.0 Å². The Labute approximate surface area is 209 Å². The summed E-state index contributed by atoms with van der Waals surface area (Å²) in [7, 11) is 0. The molecular weight excluding hydrogens is 503 g/mol.